The molecular weight excluding hydrogens is 212 g/mol. The summed E-state index contributed by atoms with van der Waals surface area (Å²) in [6.07, 6.45) is 9.60. The zero-order valence-corrected chi connectivity index (χ0v) is 11.3. The lowest BCUT2D eigenvalue weighted by Gasteiger charge is -2.36. The summed E-state index contributed by atoms with van der Waals surface area (Å²) in [6, 6.07) is 0. The Balaban J connectivity index is 1.84. The lowest BCUT2D eigenvalue weighted by atomic mass is 9.74. The van der Waals surface area contributed by atoms with Crippen LogP contribution in [-0.2, 0) is 9.53 Å². The summed E-state index contributed by atoms with van der Waals surface area (Å²) < 4.78 is 5.58. The fourth-order valence-electron chi connectivity index (χ4n) is 3.44. The van der Waals surface area contributed by atoms with Crippen LogP contribution in [0.1, 0.15) is 65.2 Å². The molecule has 0 spiro atoms. The molecular formula is C15H26O2. The SMILES string of the molecule is CCCC1CCC(C2CCC(C)CC2)C(=O)O1. The van der Waals surface area contributed by atoms with Crippen molar-refractivity contribution in [3.05, 3.63) is 0 Å². The van der Waals surface area contributed by atoms with E-state index < -0.39 is 0 Å². The van der Waals surface area contributed by atoms with E-state index in [2.05, 4.69) is 13.8 Å². The maximum absolute atomic E-state index is 12.0. The molecule has 2 atom stereocenters. The highest BCUT2D eigenvalue weighted by Crippen LogP contribution is 2.38. The van der Waals surface area contributed by atoms with Gasteiger partial charge in [0.15, 0.2) is 0 Å². The average Bonchev–Trinajstić information content (AvgIpc) is 2.31. The van der Waals surface area contributed by atoms with Gasteiger partial charge in [-0.3, -0.25) is 4.79 Å². The molecule has 0 aromatic heterocycles. The van der Waals surface area contributed by atoms with Gasteiger partial charge in [-0.25, -0.2) is 0 Å². The number of hydrogen-bond donors (Lipinski definition) is 0. The first kappa shape index (κ1) is 12.9. The van der Waals surface area contributed by atoms with Crippen molar-refractivity contribution in [2.75, 3.05) is 0 Å². The maximum atomic E-state index is 12.0. The Morgan fingerprint density at radius 1 is 1.12 bits per heavy atom. The topological polar surface area (TPSA) is 26.3 Å². The molecule has 0 aromatic rings. The van der Waals surface area contributed by atoms with Crippen LogP contribution in [0.25, 0.3) is 0 Å². The quantitative estimate of drug-likeness (QED) is 0.696. The van der Waals surface area contributed by atoms with Crippen LogP contribution in [0.5, 0.6) is 0 Å². The molecule has 2 unspecified atom stereocenters. The van der Waals surface area contributed by atoms with Gasteiger partial charge >= 0.3 is 5.97 Å². The lowest BCUT2D eigenvalue weighted by Crippen LogP contribution is -2.36. The zero-order valence-electron chi connectivity index (χ0n) is 11.3. The largest absolute Gasteiger partial charge is 0.462 e. The first-order chi connectivity index (χ1) is 8.20. The van der Waals surface area contributed by atoms with Gasteiger partial charge in [-0.2, -0.15) is 0 Å². The van der Waals surface area contributed by atoms with Crippen molar-refractivity contribution < 1.29 is 9.53 Å². The van der Waals surface area contributed by atoms with Crippen molar-refractivity contribution in [3.8, 4) is 0 Å². The van der Waals surface area contributed by atoms with Crippen molar-refractivity contribution >= 4 is 5.97 Å². The Kier molecular flexibility index (Phi) is 4.47. The van der Waals surface area contributed by atoms with Crippen LogP contribution in [0.4, 0.5) is 0 Å². The zero-order chi connectivity index (χ0) is 12.3. The first-order valence-electron chi connectivity index (χ1n) is 7.41. The van der Waals surface area contributed by atoms with Crippen LogP contribution in [-0.4, -0.2) is 12.1 Å². The van der Waals surface area contributed by atoms with E-state index in [1.165, 1.54) is 25.7 Å². The predicted octanol–water partition coefficient (Wildman–Crippen LogP) is 3.93. The highest BCUT2D eigenvalue weighted by molar-refractivity contribution is 5.73. The maximum Gasteiger partial charge on any atom is 0.309 e. The fourth-order valence-corrected chi connectivity index (χ4v) is 3.44. The summed E-state index contributed by atoms with van der Waals surface area (Å²) in [4.78, 5) is 12.0. The van der Waals surface area contributed by atoms with Gasteiger partial charge in [0.1, 0.15) is 6.10 Å². The van der Waals surface area contributed by atoms with E-state index in [4.69, 9.17) is 4.74 Å². The Bertz CT molecular complexity index is 254. The predicted molar refractivity (Wildman–Crippen MR) is 68.6 cm³/mol. The molecule has 0 aromatic carbocycles. The summed E-state index contributed by atoms with van der Waals surface area (Å²) >= 11 is 0. The van der Waals surface area contributed by atoms with Crippen molar-refractivity contribution in [3.63, 3.8) is 0 Å². The van der Waals surface area contributed by atoms with E-state index in [1.54, 1.807) is 0 Å². The molecule has 1 aliphatic carbocycles. The molecule has 1 heterocycles. The second-order valence-electron chi connectivity index (χ2n) is 6.05. The summed E-state index contributed by atoms with van der Waals surface area (Å²) in [5, 5.41) is 0. The van der Waals surface area contributed by atoms with Crippen LogP contribution in [0.3, 0.4) is 0 Å². The van der Waals surface area contributed by atoms with Crippen LogP contribution in [0.15, 0.2) is 0 Å². The monoisotopic (exact) mass is 238 g/mol. The molecule has 98 valence electrons. The highest BCUT2D eigenvalue weighted by atomic mass is 16.5. The van der Waals surface area contributed by atoms with E-state index in [0.29, 0.717) is 5.92 Å². The van der Waals surface area contributed by atoms with Crippen LogP contribution in [0.2, 0.25) is 0 Å². The molecule has 2 heteroatoms. The molecule has 0 N–H and O–H groups in total. The van der Waals surface area contributed by atoms with E-state index in [1.807, 2.05) is 0 Å². The molecule has 2 aliphatic rings. The second-order valence-corrected chi connectivity index (χ2v) is 6.05. The summed E-state index contributed by atoms with van der Waals surface area (Å²) in [5.41, 5.74) is 0. The third-order valence-electron chi connectivity index (χ3n) is 4.63. The van der Waals surface area contributed by atoms with Crippen molar-refractivity contribution in [1.82, 2.24) is 0 Å². The Morgan fingerprint density at radius 3 is 2.41 bits per heavy atom. The molecule has 0 bridgehead atoms. The molecule has 17 heavy (non-hydrogen) atoms. The van der Waals surface area contributed by atoms with Gasteiger partial charge in [-0.05, 0) is 43.9 Å². The minimum atomic E-state index is 0.106. The molecule has 1 saturated carbocycles. The first-order valence-corrected chi connectivity index (χ1v) is 7.41. The van der Waals surface area contributed by atoms with Gasteiger partial charge in [0, 0.05) is 0 Å². The fraction of sp³-hybridized carbons (Fsp3) is 0.933. The average molecular weight is 238 g/mol. The van der Waals surface area contributed by atoms with Gasteiger partial charge in [-0.15, -0.1) is 0 Å². The number of carbonyl (C=O) groups excluding carboxylic acids is 1. The van der Waals surface area contributed by atoms with Gasteiger partial charge in [0.05, 0.1) is 5.92 Å². The summed E-state index contributed by atoms with van der Waals surface area (Å²) in [6.45, 7) is 4.48. The molecule has 2 nitrogen and oxygen atoms in total. The third-order valence-corrected chi connectivity index (χ3v) is 4.63. The van der Waals surface area contributed by atoms with Crippen molar-refractivity contribution in [2.45, 2.75) is 71.3 Å². The van der Waals surface area contributed by atoms with Gasteiger partial charge in [0.2, 0.25) is 0 Å². The second kappa shape index (κ2) is 5.88. The van der Waals surface area contributed by atoms with Gasteiger partial charge in [0.25, 0.3) is 0 Å². The number of cyclic esters (lactones) is 1. The standard InChI is InChI=1S/C15H26O2/c1-3-4-13-9-10-14(15(16)17-13)12-7-5-11(2)6-8-12/h11-14H,3-10H2,1-2H3. The number of esters is 1. The minimum absolute atomic E-state index is 0.106. The van der Waals surface area contributed by atoms with E-state index >= 15 is 0 Å². The van der Waals surface area contributed by atoms with Gasteiger partial charge < -0.3 is 4.74 Å². The third kappa shape index (κ3) is 3.23. The molecule has 2 fully saturated rings. The molecule has 0 amide bonds. The number of hydrogen-bond acceptors (Lipinski definition) is 2. The number of ether oxygens (including phenoxy) is 1. The van der Waals surface area contributed by atoms with Crippen LogP contribution >= 0.6 is 0 Å². The normalized spacial score (nSPS) is 38.8. The molecule has 1 aliphatic heterocycles. The minimum Gasteiger partial charge on any atom is -0.462 e. The van der Waals surface area contributed by atoms with E-state index in [9.17, 15) is 4.79 Å². The van der Waals surface area contributed by atoms with Crippen LogP contribution < -0.4 is 0 Å². The molecule has 0 radical (unpaired) electrons. The van der Waals surface area contributed by atoms with Crippen molar-refractivity contribution in [1.29, 1.82) is 0 Å². The van der Waals surface area contributed by atoms with Crippen LogP contribution in [0, 0.1) is 17.8 Å². The van der Waals surface area contributed by atoms with E-state index in [-0.39, 0.29) is 18.0 Å². The molecule has 1 saturated heterocycles. The van der Waals surface area contributed by atoms with E-state index in [0.717, 1.165) is 31.6 Å². The molecule has 2 rings (SSSR count). The highest BCUT2D eigenvalue weighted by Gasteiger charge is 2.36. The number of rotatable bonds is 3. The summed E-state index contributed by atoms with van der Waals surface area (Å²) in [7, 11) is 0. The lowest BCUT2D eigenvalue weighted by molar-refractivity contribution is -0.164. The Labute approximate surface area is 105 Å². The summed E-state index contributed by atoms with van der Waals surface area (Å²) in [5.74, 6) is 1.80. The van der Waals surface area contributed by atoms with Gasteiger partial charge in [-0.1, -0.05) is 33.1 Å². The Hall–Kier alpha value is -0.530. The Morgan fingerprint density at radius 2 is 1.82 bits per heavy atom. The smallest absolute Gasteiger partial charge is 0.309 e. The van der Waals surface area contributed by atoms with Crippen molar-refractivity contribution in [2.24, 2.45) is 17.8 Å². The number of carbonyl (C=O) groups is 1.